The van der Waals surface area contributed by atoms with Gasteiger partial charge in [0.15, 0.2) is 0 Å². The molecule has 1 aliphatic heterocycles. The van der Waals surface area contributed by atoms with Crippen LogP contribution in [-0.4, -0.2) is 33.8 Å². The number of amides is 1. The standard InChI is InChI=1S/C28H27FN2O4/c1-28(2,3)21-15-19(7-10-22(21)35-4)25(32)23-24(18-11-13-30-14-12-18)31(27(34)26(23)33)16-17-5-8-20(29)9-6-17/h5-15,24,32H,16H2,1-4H3/b25-23-. The lowest BCUT2D eigenvalue weighted by Gasteiger charge is -2.26. The van der Waals surface area contributed by atoms with Crippen LogP contribution in [0.4, 0.5) is 4.39 Å². The summed E-state index contributed by atoms with van der Waals surface area (Å²) < 4.78 is 18.9. The van der Waals surface area contributed by atoms with E-state index in [0.29, 0.717) is 22.4 Å². The van der Waals surface area contributed by atoms with Crippen LogP contribution in [0.25, 0.3) is 5.76 Å². The van der Waals surface area contributed by atoms with Crippen LogP contribution in [0.1, 0.15) is 49.1 Å². The Kier molecular flexibility index (Phi) is 6.43. The predicted octanol–water partition coefficient (Wildman–Crippen LogP) is 5.15. The molecule has 1 N–H and O–H groups in total. The number of halogens is 1. The molecule has 0 aliphatic carbocycles. The average Bonchev–Trinajstić information content (AvgIpc) is 3.09. The molecule has 0 radical (unpaired) electrons. The van der Waals surface area contributed by atoms with Gasteiger partial charge in [0.1, 0.15) is 17.3 Å². The first kappa shape index (κ1) is 24.1. The van der Waals surface area contributed by atoms with E-state index in [1.54, 1.807) is 62.0 Å². The molecular formula is C28H27FN2O4. The number of Topliss-reactive ketones (excluding diaryl/α,β-unsaturated/α-hetero) is 1. The largest absolute Gasteiger partial charge is 0.507 e. The Balaban J connectivity index is 1.87. The number of hydrogen-bond donors (Lipinski definition) is 1. The first-order valence-corrected chi connectivity index (χ1v) is 11.2. The molecule has 180 valence electrons. The number of nitrogens with zero attached hydrogens (tertiary/aromatic N) is 2. The zero-order valence-corrected chi connectivity index (χ0v) is 20.1. The van der Waals surface area contributed by atoms with Gasteiger partial charge in [-0.05, 0) is 59.0 Å². The Hall–Kier alpha value is -4.00. The molecule has 35 heavy (non-hydrogen) atoms. The Morgan fingerprint density at radius 3 is 2.31 bits per heavy atom. The summed E-state index contributed by atoms with van der Waals surface area (Å²) in [6, 6.07) is 13.5. The fraction of sp³-hybridized carbons (Fsp3) is 0.250. The van der Waals surface area contributed by atoms with E-state index in [2.05, 4.69) is 4.98 Å². The number of carbonyl (C=O) groups excluding carboxylic acids is 2. The van der Waals surface area contributed by atoms with E-state index < -0.39 is 23.5 Å². The van der Waals surface area contributed by atoms with Gasteiger partial charge in [-0.3, -0.25) is 14.6 Å². The molecule has 3 aromatic rings. The second kappa shape index (κ2) is 9.33. The van der Waals surface area contributed by atoms with Gasteiger partial charge in [-0.15, -0.1) is 0 Å². The number of ether oxygens (including phenoxy) is 1. The van der Waals surface area contributed by atoms with Crippen molar-refractivity contribution in [2.24, 2.45) is 0 Å². The van der Waals surface area contributed by atoms with E-state index in [1.165, 1.54) is 17.0 Å². The van der Waals surface area contributed by atoms with Crippen LogP contribution in [0, 0.1) is 5.82 Å². The number of carbonyl (C=O) groups is 2. The quantitative estimate of drug-likeness (QED) is 0.314. The third kappa shape index (κ3) is 4.67. The second-order valence-electron chi connectivity index (χ2n) is 9.50. The van der Waals surface area contributed by atoms with Crippen molar-refractivity contribution in [2.45, 2.75) is 38.8 Å². The minimum atomic E-state index is -0.830. The maximum atomic E-state index is 13.4. The van der Waals surface area contributed by atoms with E-state index in [4.69, 9.17) is 4.74 Å². The summed E-state index contributed by atoms with van der Waals surface area (Å²) in [5.74, 6) is -1.51. The van der Waals surface area contributed by atoms with E-state index in [-0.39, 0.29) is 23.3 Å². The van der Waals surface area contributed by atoms with Crippen molar-refractivity contribution in [3.05, 3.63) is 101 Å². The van der Waals surface area contributed by atoms with Crippen LogP contribution in [-0.2, 0) is 21.5 Å². The number of aromatic nitrogens is 1. The number of methoxy groups -OCH3 is 1. The summed E-state index contributed by atoms with van der Waals surface area (Å²) in [4.78, 5) is 31.8. The Morgan fingerprint density at radius 2 is 1.71 bits per heavy atom. The van der Waals surface area contributed by atoms with E-state index in [1.807, 2.05) is 20.8 Å². The Bertz CT molecular complexity index is 1290. The third-order valence-corrected chi connectivity index (χ3v) is 6.11. The lowest BCUT2D eigenvalue weighted by molar-refractivity contribution is -0.140. The molecule has 7 heteroatoms. The van der Waals surface area contributed by atoms with Gasteiger partial charge in [-0.2, -0.15) is 0 Å². The zero-order chi connectivity index (χ0) is 25.3. The van der Waals surface area contributed by atoms with Crippen LogP contribution in [0.3, 0.4) is 0 Å². The van der Waals surface area contributed by atoms with E-state index in [0.717, 1.165) is 5.56 Å². The molecule has 0 saturated carbocycles. The van der Waals surface area contributed by atoms with Crippen molar-refractivity contribution < 1.29 is 23.8 Å². The lowest BCUT2D eigenvalue weighted by atomic mass is 9.84. The summed E-state index contributed by atoms with van der Waals surface area (Å²) in [6.07, 6.45) is 3.14. The zero-order valence-electron chi connectivity index (χ0n) is 20.1. The number of benzene rings is 2. The highest BCUT2D eigenvalue weighted by atomic mass is 19.1. The highest BCUT2D eigenvalue weighted by Gasteiger charge is 2.46. The minimum Gasteiger partial charge on any atom is -0.507 e. The first-order chi connectivity index (χ1) is 16.6. The predicted molar refractivity (Wildman–Crippen MR) is 130 cm³/mol. The average molecular weight is 475 g/mol. The van der Waals surface area contributed by atoms with Crippen LogP contribution in [0.15, 0.2) is 72.6 Å². The third-order valence-electron chi connectivity index (χ3n) is 6.11. The number of rotatable bonds is 5. The number of aliphatic hydroxyl groups excluding tert-OH is 1. The molecule has 1 fully saturated rings. The highest BCUT2D eigenvalue weighted by molar-refractivity contribution is 6.46. The summed E-state index contributed by atoms with van der Waals surface area (Å²) in [5, 5.41) is 11.4. The molecule has 1 atom stereocenters. The van der Waals surface area contributed by atoms with E-state index >= 15 is 0 Å². The number of aliphatic hydroxyl groups is 1. The summed E-state index contributed by atoms with van der Waals surface area (Å²) in [6.45, 7) is 6.14. The van der Waals surface area contributed by atoms with Crippen LogP contribution >= 0.6 is 0 Å². The molecule has 6 nitrogen and oxygen atoms in total. The molecule has 4 rings (SSSR count). The monoisotopic (exact) mass is 474 g/mol. The van der Waals surface area contributed by atoms with Gasteiger partial charge in [0, 0.05) is 30.1 Å². The smallest absolute Gasteiger partial charge is 0.295 e. The SMILES string of the molecule is COc1ccc(/C(O)=C2/C(=O)C(=O)N(Cc3ccc(F)cc3)C2c2ccncc2)cc1C(C)(C)C. The maximum absolute atomic E-state index is 13.4. The summed E-state index contributed by atoms with van der Waals surface area (Å²) in [5.41, 5.74) is 2.26. The Labute approximate surface area is 203 Å². The normalized spacial score (nSPS) is 17.6. The van der Waals surface area contributed by atoms with Crippen molar-refractivity contribution in [3.8, 4) is 5.75 Å². The van der Waals surface area contributed by atoms with Crippen LogP contribution < -0.4 is 4.74 Å². The lowest BCUT2D eigenvalue weighted by Crippen LogP contribution is -2.29. The van der Waals surface area contributed by atoms with Gasteiger partial charge in [0.25, 0.3) is 11.7 Å². The molecule has 0 bridgehead atoms. The number of pyridine rings is 1. The van der Waals surface area contributed by atoms with Gasteiger partial charge in [-0.1, -0.05) is 32.9 Å². The number of hydrogen-bond acceptors (Lipinski definition) is 5. The van der Waals surface area contributed by atoms with Crippen LogP contribution in [0.5, 0.6) is 5.75 Å². The molecule has 0 spiro atoms. The fourth-order valence-electron chi connectivity index (χ4n) is 4.32. The van der Waals surface area contributed by atoms with Crippen molar-refractivity contribution >= 4 is 17.4 Å². The molecule has 1 aliphatic rings. The summed E-state index contributed by atoms with van der Waals surface area (Å²) >= 11 is 0. The number of likely N-dealkylation sites (tertiary alicyclic amines) is 1. The second-order valence-corrected chi connectivity index (χ2v) is 9.50. The highest BCUT2D eigenvalue weighted by Crippen LogP contribution is 2.41. The molecule has 1 aromatic heterocycles. The topological polar surface area (TPSA) is 79.7 Å². The molecule has 1 saturated heterocycles. The molecule has 2 aromatic carbocycles. The molecular weight excluding hydrogens is 447 g/mol. The van der Waals surface area contributed by atoms with Gasteiger partial charge < -0.3 is 14.7 Å². The van der Waals surface area contributed by atoms with Crippen molar-refractivity contribution in [1.82, 2.24) is 9.88 Å². The molecule has 1 amide bonds. The van der Waals surface area contributed by atoms with Gasteiger partial charge in [-0.25, -0.2) is 4.39 Å². The van der Waals surface area contributed by atoms with Gasteiger partial charge in [0.2, 0.25) is 0 Å². The molecule has 1 unspecified atom stereocenters. The van der Waals surface area contributed by atoms with Gasteiger partial charge >= 0.3 is 0 Å². The fourth-order valence-corrected chi connectivity index (χ4v) is 4.32. The van der Waals surface area contributed by atoms with E-state index in [9.17, 15) is 19.1 Å². The summed E-state index contributed by atoms with van der Waals surface area (Å²) in [7, 11) is 1.58. The first-order valence-electron chi connectivity index (χ1n) is 11.2. The van der Waals surface area contributed by atoms with Crippen molar-refractivity contribution in [1.29, 1.82) is 0 Å². The maximum Gasteiger partial charge on any atom is 0.295 e. The number of ketones is 1. The van der Waals surface area contributed by atoms with Crippen LogP contribution in [0.2, 0.25) is 0 Å². The minimum absolute atomic E-state index is 0.00617. The molecule has 2 heterocycles. The van der Waals surface area contributed by atoms with Gasteiger partial charge in [0.05, 0.1) is 18.7 Å². The van der Waals surface area contributed by atoms with Crippen molar-refractivity contribution in [2.75, 3.05) is 7.11 Å². The van der Waals surface area contributed by atoms with Crippen molar-refractivity contribution in [3.63, 3.8) is 0 Å². The Morgan fingerprint density at radius 1 is 1.06 bits per heavy atom.